The van der Waals surface area contributed by atoms with Crippen molar-refractivity contribution in [2.24, 2.45) is 0 Å². The number of fused-ring (bicyclic) bond motifs is 3. The van der Waals surface area contributed by atoms with Crippen LogP contribution in [0.5, 0.6) is 11.5 Å². The van der Waals surface area contributed by atoms with Gasteiger partial charge in [0.25, 0.3) is 0 Å². The first-order valence-corrected chi connectivity index (χ1v) is 5.96. The van der Waals surface area contributed by atoms with Crippen LogP contribution in [-0.4, -0.2) is 10.2 Å². The van der Waals surface area contributed by atoms with E-state index >= 15 is 0 Å². The predicted molar refractivity (Wildman–Crippen MR) is 64.4 cm³/mol. The quantitative estimate of drug-likeness (QED) is 0.205. The topological polar surface area (TPSA) is 40.5 Å². The number of rotatable bonds is 0. The Kier molecular flexibility index (Phi) is 3.26. The Bertz CT molecular complexity index is 976. The highest BCUT2D eigenvalue weighted by molar-refractivity contribution is 6.13. The summed E-state index contributed by atoms with van der Waals surface area (Å²) in [6.07, 6.45) is 0. The first-order chi connectivity index (χ1) is 11.1. The van der Waals surface area contributed by atoms with Gasteiger partial charge in [0, 0.05) is 10.8 Å². The molecule has 0 aliphatic carbocycles. The summed E-state index contributed by atoms with van der Waals surface area (Å²) in [5.41, 5.74) is 0. The number of hydrogen-bond donors (Lipinski definition) is 2. The standard InChI is InChI=1S/C14H2F8O2/c15-5-1-2-4(14(24)12(22)11(21)13(2)23)8(18)6(16)3(1)7(17)10(20)9(5)19/h23-24H. The Labute approximate surface area is 126 Å². The minimum atomic E-state index is -2.48. The van der Waals surface area contributed by atoms with E-state index in [0.717, 1.165) is 0 Å². The van der Waals surface area contributed by atoms with Crippen molar-refractivity contribution in [1.29, 1.82) is 0 Å². The molecule has 0 unspecified atom stereocenters. The molecule has 24 heavy (non-hydrogen) atoms. The molecule has 126 valence electrons. The smallest absolute Gasteiger partial charge is 0.205 e. The second-order valence-corrected chi connectivity index (χ2v) is 4.71. The van der Waals surface area contributed by atoms with Gasteiger partial charge in [-0.05, 0) is 0 Å². The molecule has 0 atom stereocenters. The van der Waals surface area contributed by atoms with Crippen LogP contribution < -0.4 is 0 Å². The molecular weight excluding hydrogens is 352 g/mol. The summed E-state index contributed by atoms with van der Waals surface area (Å²) in [5.74, 6) is -22.3. The molecule has 0 saturated carbocycles. The minimum Gasteiger partial charge on any atom is -0.504 e. The van der Waals surface area contributed by atoms with Gasteiger partial charge in [0.1, 0.15) is 0 Å². The summed E-state index contributed by atoms with van der Waals surface area (Å²) >= 11 is 0. The van der Waals surface area contributed by atoms with Gasteiger partial charge in [-0.25, -0.2) is 26.3 Å². The third-order valence-electron chi connectivity index (χ3n) is 3.48. The van der Waals surface area contributed by atoms with Crippen molar-refractivity contribution in [3.05, 3.63) is 46.5 Å². The number of aromatic hydroxyl groups is 2. The summed E-state index contributed by atoms with van der Waals surface area (Å²) in [5, 5.41) is 12.5. The van der Waals surface area contributed by atoms with Gasteiger partial charge >= 0.3 is 0 Å². The maximum atomic E-state index is 14.0. The van der Waals surface area contributed by atoms with E-state index < -0.39 is 79.6 Å². The highest BCUT2D eigenvalue weighted by Crippen LogP contribution is 2.45. The molecule has 0 amide bonds. The van der Waals surface area contributed by atoms with E-state index in [1.54, 1.807) is 0 Å². The summed E-state index contributed by atoms with van der Waals surface area (Å²) < 4.78 is 109. The molecule has 0 fully saturated rings. The molecule has 3 rings (SSSR count). The summed E-state index contributed by atoms with van der Waals surface area (Å²) in [6.45, 7) is 0. The van der Waals surface area contributed by atoms with Crippen LogP contribution in [0, 0.1) is 46.5 Å². The molecule has 0 aliphatic rings. The van der Waals surface area contributed by atoms with E-state index in [9.17, 15) is 45.3 Å². The number of benzene rings is 3. The number of hydrogen-bond acceptors (Lipinski definition) is 2. The van der Waals surface area contributed by atoms with Crippen molar-refractivity contribution in [3.63, 3.8) is 0 Å². The zero-order valence-electron chi connectivity index (χ0n) is 10.9. The SMILES string of the molecule is Oc1c(F)c(F)c(O)c2c1c(F)c(F)c1c(F)c(F)c(F)c(F)c12. The fourth-order valence-corrected chi connectivity index (χ4v) is 2.41. The van der Waals surface area contributed by atoms with Gasteiger partial charge in [-0.1, -0.05) is 0 Å². The van der Waals surface area contributed by atoms with Crippen LogP contribution in [0.3, 0.4) is 0 Å². The van der Waals surface area contributed by atoms with Crippen molar-refractivity contribution in [3.8, 4) is 11.5 Å². The maximum Gasteiger partial charge on any atom is 0.205 e. The van der Waals surface area contributed by atoms with Crippen LogP contribution >= 0.6 is 0 Å². The van der Waals surface area contributed by atoms with Crippen molar-refractivity contribution in [1.82, 2.24) is 0 Å². The fraction of sp³-hybridized carbons (Fsp3) is 0. The van der Waals surface area contributed by atoms with Crippen molar-refractivity contribution in [2.75, 3.05) is 0 Å². The Morgan fingerprint density at radius 3 is 1.17 bits per heavy atom. The highest BCUT2D eigenvalue weighted by Gasteiger charge is 2.32. The van der Waals surface area contributed by atoms with Gasteiger partial charge in [0.2, 0.25) is 11.6 Å². The first kappa shape index (κ1) is 16.1. The molecule has 0 aliphatic heterocycles. The molecule has 0 radical (unpaired) electrons. The van der Waals surface area contributed by atoms with Crippen LogP contribution in [-0.2, 0) is 0 Å². The first-order valence-electron chi connectivity index (χ1n) is 5.96. The molecule has 2 N–H and O–H groups in total. The van der Waals surface area contributed by atoms with Gasteiger partial charge in [-0.15, -0.1) is 0 Å². The van der Waals surface area contributed by atoms with Crippen molar-refractivity contribution in [2.45, 2.75) is 0 Å². The molecule has 0 aromatic heterocycles. The minimum absolute atomic E-state index is 1.46. The molecule has 0 spiro atoms. The molecular formula is C14H2F8O2. The third kappa shape index (κ3) is 1.70. The molecule has 3 aromatic rings. The third-order valence-corrected chi connectivity index (χ3v) is 3.48. The van der Waals surface area contributed by atoms with E-state index in [2.05, 4.69) is 0 Å². The zero-order chi connectivity index (χ0) is 18.1. The van der Waals surface area contributed by atoms with Crippen molar-refractivity contribution >= 4 is 21.5 Å². The molecule has 2 nitrogen and oxygen atoms in total. The number of halogens is 8. The van der Waals surface area contributed by atoms with Crippen LogP contribution in [0.1, 0.15) is 0 Å². The van der Waals surface area contributed by atoms with Crippen LogP contribution in [0.15, 0.2) is 0 Å². The Balaban J connectivity index is 2.87. The zero-order valence-corrected chi connectivity index (χ0v) is 10.9. The van der Waals surface area contributed by atoms with Gasteiger partial charge in [-0.3, -0.25) is 0 Å². The Hall–Kier alpha value is -2.78. The van der Waals surface area contributed by atoms with Gasteiger partial charge < -0.3 is 10.2 Å². The molecule has 0 bridgehead atoms. The summed E-state index contributed by atoms with van der Waals surface area (Å²) in [4.78, 5) is 0. The lowest BCUT2D eigenvalue weighted by atomic mass is 9.97. The molecule has 0 saturated heterocycles. The second-order valence-electron chi connectivity index (χ2n) is 4.71. The van der Waals surface area contributed by atoms with E-state index in [1.807, 2.05) is 0 Å². The van der Waals surface area contributed by atoms with Crippen LogP contribution in [0.25, 0.3) is 21.5 Å². The lowest BCUT2D eigenvalue weighted by molar-refractivity contribution is 0.380. The monoisotopic (exact) mass is 354 g/mol. The van der Waals surface area contributed by atoms with Crippen molar-refractivity contribution < 1.29 is 45.3 Å². The largest absolute Gasteiger partial charge is 0.504 e. The maximum absolute atomic E-state index is 14.0. The highest BCUT2D eigenvalue weighted by atomic mass is 19.2. The Morgan fingerprint density at radius 1 is 0.333 bits per heavy atom. The van der Waals surface area contributed by atoms with E-state index in [-0.39, 0.29) is 0 Å². The lowest BCUT2D eigenvalue weighted by Gasteiger charge is -2.14. The van der Waals surface area contributed by atoms with Gasteiger partial charge in [0.15, 0.2) is 46.4 Å². The van der Waals surface area contributed by atoms with E-state index in [4.69, 9.17) is 0 Å². The molecule has 0 heterocycles. The fourth-order valence-electron chi connectivity index (χ4n) is 2.41. The number of phenolic OH excluding ortho intramolecular Hbond substituents is 2. The van der Waals surface area contributed by atoms with Crippen LogP contribution in [0.2, 0.25) is 0 Å². The van der Waals surface area contributed by atoms with E-state index in [0.29, 0.717) is 0 Å². The van der Waals surface area contributed by atoms with Gasteiger partial charge in [-0.2, -0.15) is 8.78 Å². The van der Waals surface area contributed by atoms with Crippen LogP contribution in [0.4, 0.5) is 35.1 Å². The molecule has 10 heteroatoms. The normalized spacial score (nSPS) is 11.7. The number of phenols is 2. The predicted octanol–water partition coefficient (Wildman–Crippen LogP) is 4.52. The van der Waals surface area contributed by atoms with Gasteiger partial charge in [0.05, 0.1) is 10.8 Å². The average Bonchev–Trinajstić information content (AvgIpc) is 2.56. The second kappa shape index (κ2) is 4.86. The Morgan fingerprint density at radius 2 is 0.667 bits per heavy atom. The summed E-state index contributed by atoms with van der Waals surface area (Å²) in [6, 6.07) is 0. The average molecular weight is 354 g/mol. The summed E-state index contributed by atoms with van der Waals surface area (Å²) in [7, 11) is 0. The molecule has 3 aromatic carbocycles. The van der Waals surface area contributed by atoms with E-state index in [1.165, 1.54) is 0 Å². The lowest BCUT2D eigenvalue weighted by Crippen LogP contribution is -2.04.